The van der Waals surface area contributed by atoms with Gasteiger partial charge in [0.15, 0.2) is 0 Å². The van der Waals surface area contributed by atoms with Gasteiger partial charge in [0.2, 0.25) is 0 Å². The molecule has 1 N–H and O–H groups in total. The third-order valence-corrected chi connectivity index (χ3v) is 5.62. The third kappa shape index (κ3) is 3.33. The minimum absolute atomic E-state index is 0.0215. The fraction of sp³-hybridized carbons (Fsp3) is 0.765. The van der Waals surface area contributed by atoms with Gasteiger partial charge in [-0.15, -0.1) is 11.6 Å². The maximum Gasteiger partial charge on any atom is 0.133 e. The second-order valence-corrected chi connectivity index (χ2v) is 7.22. The Morgan fingerprint density at radius 1 is 1.24 bits per heavy atom. The van der Waals surface area contributed by atoms with Crippen LogP contribution < -0.4 is 5.32 Å². The predicted octanol–water partition coefficient (Wildman–Crippen LogP) is 4.35. The SMILES string of the molecule is CC1CCCC(CCl)(Nc2ncnc3c2CCCCC3)C1. The minimum atomic E-state index is 0.0215. The minimum Gasteiger partial charge on any atom is -0.363 e. The standard InChI is InChI=1S/C17H26ClN3/c1-13-6-5-9-17(10-13,11-18)21-16-14-7-3-2-4-8-15(14)19-12-20-16/h12-13H,2-11H2,1H3,(H,19,20,21). The van der Waals surface area contributed by atoms with Crippen LogP contribution in [0.2, 0.25) is 0 Å². The largest absolute Gasteiger partial charge is 0.363 e. The van der Waals surface area contributed by atoms with Crippen molar-refractivity contribution in [3.8, 4) is 0 Å². The average molecular weight is 308 g/mol. The van der Waals surface area contributed by atoms with Gasteiger partial charge in [-0.1, -0.05) is 26.2 Å². The van der Waals surface area contributed by atoms with Gasteiger partial charge in [0, 0.05) is 17.1 Å². The van der Waals surface area contributed by atoms with Crippen molar-refractivity contribution in [1.29, 1.82) is 0 Å². The molecule has 4 heteroatoms. The van der Waals surface area contributed by atoms with E-state index in [0.717, 1.165) is 37.4 Å². The van der Waals surface area contributed by atoms with Gasteiger partial charge in [0.1, 0.15) is 12.1 Å². The molecule has 1 heterocycles. The third-order valence-electron chi connectivity index (χ3n) is 5.11. The van der Waals surface area contributed by atoms with Crippen LogP contribution in [-0.2, 0) is 12.8 Å². The zero-order chi connectivity index (χ0) is 14.7. The molecule has 3 rings (SSSR count). The highest BCUT2D eigenvalue weighted by atomic mass is 35.5. The summed E-state index contributed by atoms with van der Waals surface area (Å²) in [4.78, 5) is 9.08. The number of aryl methyl sites for hydroxylation is 1. The van der Waals surface area contributed by atoms with E-state index < -0.39 is 0 Å². The number of hydrogen-bond acceptors (Lipinski definition) is 3. The Hall–Kier alpha value is -0.830. The number of halogens is 1. The quantitative estimate of drug-likeness (QED) is 0.666. The Morgan fingerprint density at radius 3 is 2.90 bits per heavy atom. The molecule has 0 amide bonds. The van der Waals surface area contributed by atoms with E-state index >= 15 is 0 Å². The van der Waals surface area contributed by atoms with Gasteiger partial charge in [0.05, 0.1) is 5.54 Å². The van der Waals surface area contributed by atoms with Crippen LogP contribution in [0, 0.1) is 5.92 Å². The molecule has 2 aliphatic carbocycles. The van der Waals surface area contributed by atoms with Crippen molar-refractivity contribution in [3.05, 3.63) is 17.6 Å². The van der Waals surface area contributed by atoms with Crippen molar-refractivity contribution in [2.75, 3.05) is 11.2 Å². The molecular weight excluding hydrogens is 282 g/mol. The van der Waals surface area contributed by atoms with E-state index in [1.807, 2.05) is 0 Å². The fourth-order valence-electron chi connectivity index (χ4n) is 3.99. The first-order chi connectivity index (χ1) is 10.2. The van der Waals surface area contributed by atoms with Gasteiger partial charge >= 0.3 is 0 Å². The molecule has 1 saturated carbocycles. The Balaban J connectivity index is 1.86. The number of aromatic nitrogens is 2. The summed E-state index contributed by atoms with van der Waals surface area (Å²) in [6.07, 6.45) is 12.6. The molecule has 2 aliphatic rings. The van der Waals surface area contributed by atoms with Crippen LogP contribution in [0.25, 0.3) is 0 Å². The molecule has 0 aromatic carbocycles. The summed E-state index contributed by atoms with van der Waals surface area (Å²) in [5, 5.41) is 3.75. The van der Waals surface area contributed by atoms with Gasteiger partial charge in [0.25, 0.3) is 0 Å². The Morgan fingerprint density at radius 2 is 2.10 bits per heavy atom. The van der Waals surface area contributed by atoms with E-state index in [-0.39, 0.29) is 5.54 Å². The number of alkyl halides is 1. The van der Waals surface area contributed by atoms with Crippen LogP contribution in [0.5, 0.6) is 0 Å². The Labute approximate surface area is 132 Å². The van der Waals surface area contributed by atoms with E-state index in [1.165, 1.54) is 43.4 Å². The second kappa shape index (κ2) is 6.51. The number of anilines is 1. The average Bonchev–Trinajstić information content (AvgIpc) is 2.73. The van der Waals surface area contributed by atoms with Crippen LogP contribution in [0.4, 0.5) is 5.82 Å². The van der Waals surface area contributed by atoms with Gasteiger partial charge in [-0.05, 0) is 44.4 Å². The van der Waals surface area contributed by atoms with E-state index in [2.05, 4.69) is 22.2 Å². The smallest absolute Gasteiger partial charge is 0.133 e. The molecule has 0 aliphatic heterocycles. The van der Waals surface area contributed by atoms with E-state index in [1.54, 1.807) is 6.33 Å². The van der Waals surface area contributed by atoms with E-state index in [9.17, 15) is 0 Å². The molecule has 116 valence electrons. The van der Waals surface area contributed by atoms with Crippen molar-refractivity contribution >= 4 is 17.4 Å². The Bertz CT molecular complexity index is 491. The molecule has 1 aromatic heterocycles. The number of hydrogen-bond donors (Lipinski definition) is 1. The molecule has 0 saturated heterocycles. The lowest BCUT2D eigenvalue weighted by molar-refractivity contribution is 0.279. The summed E-state index contributed by atoms with van der Waals surface area (Å²) in [7, 11) is 0. The highest BCUT2D eigenvalue weighted by molar-refractivity contribution is 6.18. The number of rotatable bonds is 3. The van der Waals surface area contributed by atoms with Crippen molar-refractivity contribution < 1.29 is 0 Å². The maximum absolute atomic E-state index is 6.36. The zero-order valence-corrected chi connectivity index (χ0v) is 13.8. The Kier molecular flexibility index (Phi) is 4.68. The van der Waals surface area contributed by atoms with Crippen LogP contribution in [0.15, 0.2) is 6.33 Å². The maximum atomic E-state index is 6.36. The van der Waals surface area contributed by atoms with Crippen LogP contribution in [-0.4, -0.2) is 21.4 Å². The summed E-state index contributed by atoms with van der Waals surface area (Å²) in [6, 6.07) is 0. The first-order valence-electron chi connectivity index (χ1n) is 8.39. The molecule has 0 bridgehead atoms. The molecular formula is C17H26ClN3. The highest BCUT2D eigenvalue weighted by Crippen LogP contribution is 2.37. The molecule has 0 spiro atoms. The van der Waals surface area contributed by atoms with Gasteiger partial charge in [-0.2, -0.15) is 0 Å². The summed E-state index contributed by atoms with van der Waals surface area (Å²) in [5.41, 5.74) is 2.62. The molecule has 2 unspecified atom stereocenters. The number of nitrogens with one attached hydrogen (secondary N) is 1. The molecule has 0 radical (unpaired) electrons. The van der Waals surface area contributed by atoms with Crippen LogP contribution >= 0.6 is 11.6 Å². The summed E-state index contributed by atoms with van der Waals surface area (Å²) >= 11 is 6.36. The number of fused-ring (bicyclic) bond motifs is 1. The lowest BCUT2D eigenvalue weighted by Gasteiger charge is -2.40. The summed E-state index contributed by atoms with van der Waals surface area (Å²) < 4.78 is 0. The normalized spacial score (nSPS) is 29.5. The van der Waals surface area contributed by atoms with Crippen LogP contribution in [0.1, 0.15) is 63.1 Å². The second-order valence-electron chi connectivity index (χ2n) is 6.95. The first kappa shape index (κ1) is 15.1. The molecule has 3 nitrogen and oxygen atoms in total. The zero-order valence-electron chi connectivity index (χ0n) is 13.0. The monoisotopic (exact) mass is 307 g/mol. The predicted molar refractivity (Wildman–Crippen MR) is 88.0 cm³/mol. The highest BCUT2D eigenvalue weighted by Gasteiger charge is 2.35. The number of nitrogens with zero attached hydrogens (tertiary/aromatic N) is 2. The van der Waals surface area contributed by atoms with Gasteiger partial charge in [-0.3, -0.25) is 0 Å². The van der Waals surface area contributed by atoms with Crippen molar-refractivity contribution in [2.45, 2.75) is 70.3 Å². The molecule has 21 heavy (non-hydrogen) atoms. The topological polar surface area (TPSA) is 37.8 Å². The first-order valence-corrected chi connectivity index (χ1v) is 8.93. The lowest BCUT2D eigenvalue weighted by Crippen LogP contribution is -2.44. The van der Waals surface area contributed by atoms with Crippen molar-refractivity contribution in [2.24, 2.45) is 5.92 Å². The van der Waals surface area contributed by atoms with Gasteiger partial charge < -0.3 is 5.32 Å². The molecule has 1 fully saturated rings. The summed E-state index contributed by atoms with van der Waals surface area (Å²) in [6.45, 7) is 2.34. The lowest BCUT2D eigenvalue weighted by atomic mass is 9.77. The molecule has 2 atom stereocenters. The molecule has 1 aromatic rings. The van der Waals surface area contributed by atoms with Gasteiger partial charge in [-0.25, -0.2) is 9.97 Å². The van der Waals surface area contributed by atoms with Crippen molar-refractivity contribution in [3.63, 3.8) is 0 Å². The van der Waals surface area contributed by atoms with E-state index in [0.29, 0.717) is 5.88 Å². The van der Waals surface area contributed by atoms with Crippen LogP contribution in [0.3, 0.4) is 0 Å². The van der Waals surface area contributed by atoms with E-state index in [4.69, 9.17) is 11.6 Å². The fourth-order valence-corrected chi connectivity index (χ4v) is 4.29. The van der Waals surface area contributed by atoms with Crippen molar-refractivity contribution in [1.82, 2.24) is 9.97 Å². The summed E-state index contributed by atoms with van der Waals surface area (Å²) in [5.74, 6) is 2.46.